The molecule has 2 aromatic carbocycles. The first kappa shape index (κ1) is 22.0. The zero-order valence-corrected chi connectivity index (χ0v) is 16.8. The summed E-state index contributed by atoms with van der Waals surface area (Å²) in [5, 5.41) is 14.8. The molecule has 0 unspecified atom stereocenters. The van der Waals surface area contributed by atoms with E-state index in [1.807, 2.05) is 12.1 Å². The van der Waals surface area contributed by atoms with Gasteiger partial charge in [0.15, 0.2) is 0 Å². The number of hydrogen-bond acceptors (Lipinski definition) is 4. The summed E-state index contributed by atoms with van der Waals surface area (Å²) in [4.78, 5) is 23.1. The predicted octanol–water partition coefficient (Wildman–Crippen LogP) is 3.06. The Morgan fingerprint density at radius 3 is 1.50 bits per heavy atom. The second-order valence-corrected chi connectivity index (χ2v) is 7.33. The fraction of sp³-hybridized carbons (Fsp3) is 0.300. The van der Waals surface area contributed by atoms with Crippen LogP contribution in [0.1, 0.15) is 11.1 Å². The Labute approximate surface area is 171 Å². The van der Waals surface area contributed by atoms with E-state index in [-0.39, 0.29) is 5.82 Å². The van der Waals surface area contributed by atoms with Crippen molar-refractivity contribution in [3.63, 3.8) is 0 Å². The molecule has 28 heavy (non-hydrogen) atoms. The van der Waals surface area contributed by atoms with Crippen molar-refractivity contribution in [3.8, 4) is 0 Å². The van der Waals surface area contributed by atoms with E-state index in [2.05, 4.69) is 50.0 Å². The first-order valence-corrected chi connectivity index (χ1v) is 9.52. The summed E-state index contributed by atoms with van der Waals surface area (Å²) in [6.45, 7) is 6.21. The number of benzene rings is 2. The van der Waals surface area contributed by atoms with Crippen LogP contribution in [0.3, 0.4) is 0 Å². The summed E-state index contributed by atoms with van der Waals surface area (Å²) in [5.41, 5.74) is 2.54. The number of carboxylic acids is 2. The van der Waals surface area contributed by atoms with Crippen molar-refractivity contribution in [2.24, 2.45) is 0 Å². The highest BCUT2D eigenvalue weighted by Gasteiger charge is 2.17. The Hall–Kier alpha value is -2.29. The topological polar surface area (TPSA) is 81.1 Å². The van der Waals surface area contributed by atoms with Crippen molar-refractivity contribution < 1.29 is 24.2 Å². The lowest BCUT2D eigenvalue weighted by Gasteiger charge is -2.34. The third-order valence-electron chi connectivity index (χ3n) is 4.29. The fourth-order valence-corrected chi connectivity index (χ4v) is 3.07. The van der Waals surface area contributed by atoms with E-state index >= 15 is 0 Å². The van der Waals surface area contributed by atoms with Crippen molar-refractivity contribution >= 4 is 27.9 Å². The average Bonchev–Trinajstić information content (AvgIpc) is 2.67. The summed E-state index contributed by atoms with van der Waals surface area (Å²) in [7, 11) is 0. The van der Waals surface area contributed by atoms with E-state index < -0.39 is 11.9 Å². The lowest BCUT2D eigenvalue weighted by molar-refractivity contribution is -0.159. The molecular weight excluding hydrogens is 431 g/mol. The monoisotopic (exact) mass is 452 g/mol. The van der Waals surface area contributed by atoms with Crippen LogP contribution in [-0.4, -0.2) is 58.1 Å². The third-order valence-corrected chi connectivity index (χ3v) is 4.82. The van der Waals surface area contributed by atoms with Gasteiger partial charge in [-0.3, -0.25) is 9.80 Å². The molecule has 8 heteroatoms. The van der Waals surface area contributed by atoms with E-state index in [1.54, 1.807) is 12.1 Å². The minimum Gasteiger partial charge on any atom is -0.473 e. The van der Waals surface area contributed by atoms with Crippen LogP contribution in [0.15, 0.2) is 53.0 Å². The molecule has 0 aromatic heterocycles. The largest absolute Gasteiger partial charge is 0.473 e. The van der Waals surface area contributed by atoms with E-state index in [0.29, 0.717) is 0 Å². The van der Waals surface area contributed by atoms with Crippen molar-refractivity contribution in [1.82, 2.24) is 9.80 Å². The van der Waals surface area contributed by atoms with Gasteiger partial charge in [0.2, 0.25) is 0 Å². The lowest BCUT2D eigenvalue weighted by Crippen LogP contribution is -2.45. The summed E-state index contributed by atoms with van der Waals surface area (Å²) >= 11 is 3.47. The minimum atomic E-state index is -1.82. The molecule has 3 rings (SSSR count). The quantitative estimate of drug-likeness (QED) is 0.693. The Kier molecular flexibility index (Phi) is 8.56. The molecule has 0 bridgehead atoms. The first-order valence-electron chi connectivity index (χ1n) is 8.73. The number of piperazine rings is 1. The first-order chi connectivity index (χ1) is 13.3. The van der Waals surface area contributed by atoms with Crippen LogP contribution in [0.25, 0.3) is 0 Å². The Balaban J connectivity index is 0.000000409. The van der Waals surface area contributed by atoms with Gasteiger partial charge in [-0.25, -0.2) is 14.0 Å². The van der Waals surface area contributed by atoms with Gasteiger partial charge in [0, 0.05) is 43.7 Å². The number of halogens is 2. The lowest BCUT2D eigenvalue weighted by atomic mass is 10.1. The molecule has 1 heterocycles. The average molecular weight is 453 g/mol. The van der Waals surface area contributed by atoms with Gasteiger partial charge in [-0.2, -0.15) is 0 Å². The van der Waals surface area contributed by atoms with E-state index in [4.69, 9.17) is 19.8 Å². The van der Waals surface area contributed by atoms with Crippen LogP contribution >= 0.6 is 15.9 Å². The van der Waals surface area contributed by atoms with Crippen LogP contribution in [0.4, 0.5) is 4.39 Å². The molecule has 1 fully saturated rings. The van der Waals surface area contributed by atoms with E-state index in [1.165, 1.54) is 11.1 Å². The van der Waals surface area contributed by atoms with E-state index in [9.17, 15) is 4.39 Å². The maximum atomic E-state index is 12.9. The zero-order valence-electron chi connectivity index (χ0n) is 15.2. The van der Waals surface area contributed by atoms with Crippen molar-refractivity contribution in [1.29, 1.82) is 0 Å². The van der Waals surface area contributed by atoms with Crippen molar-refractivity contribution in [3.05, 3.63) is 69.9 Å². The molecule has 0 amide bonds. The number of aliphatic carboxylic acids is 2. The smallest absolute Gasteiger partial charge is 0.414 e. The van der Waals surface area contributed by atoms with Crippen LogP contribution in [0.5, 0.6) is 0 Å². The molecule has 1 aliphatic rings. The highest BCUT2D eigenvalue weighted by atomic mass is 79.9. The molecule has 0 saturated carbocycles. The summed E-state index contributed by atoms with van der Waals surface area (Å²) in [6.07, 6.45) is 0. The zero-order chi connectivity index (χ0) is 20.5. The Morgan fingerprint density at radius 2 is 1.14 bits per heavy atom. The highest BCUT2D eigenvalue weighted by molar-refractivity contribution is 9.10. The second-order valence-electron chi connectivity index (χ2n) is 6.42. The summed E-state index contributed by atoms with van der Waals surface area (Å²) in [6, 6.07) is 15.4. The molecule has 0 spiro atoms. The summed E-state index contributed by atoms with van der Waals surface area (Å²) < 4.78 is 14.1. The molecular formula is C20H22BrFN2O4. The van der Waals surface area contributed by atoms with Crippen LogP contribution in [0, 0.1) is 5.82 Å². The molecule has 2 aromatic rings. The molecule has 150 valence electrons. The number of rotatable bonds is 4. The standard InChI is InChI=1S/C18H20BrFN2.C2H2O4/c19-17-5-1-15(2-6-17)13-21-9-11-22(12-10-21)14-16-3-7-18(20)8-4-16;3-1(4)2(5)6/h1-8H,9-14H2;(H,3,4)(H,5,6). The fourth-order valence-electron chi connectivity index (χ4n) is 2.80. The number of carboxylic acid groups (broad SMARTS) is 2. The van der Waals surface area contributed by atoms with Gasteiger partial charge in [-0.15, -0.1) is 0 Å². The molecule has 0 atom stereocenters. The summed E-state index contributed by atoms with van der Waals surface area (Å²) in [5.74, 6) is -3.81. The molecule has 6 nitrogen and oxygen atoms in total. The van der Waals surface area contributed by atoms with Crippen LogP contribution in [0.2, 0.25) is 0 Å². The molecule has 1 saturated heterocycles. The van der Waals surface area contributed by atoms with Crippen molar-refractivity contribution in [2.75, 3.05) is 26.2 Å². The molecule has 1 aliphatic heterocycles. The van der Waals surface area contributed by atoms with Gasteiger partial charge < -0.3 is 10.2 Å². The predicted molar refractivity (Wildman–Crippen MR) is 106 cm³/mol. The van der Waals surface area contributed by atoms with Gasteiger partial charge in [-0.1, -0.05) is 40.2 Å². The number of carbonyl (C=O) groups is 2. The van der Waals surface area contributed by atoms with Gasteiger partial charge in [-0.05, 0) is 35.4 Å². The van der Waals surface area contributed by atoms with Gasteiger partial charge in [0.1, 0.15) is 5.82 Å². The van der Waals surface area contributed by atoms with Crippen LogP contribution in [-0.2, 0) is 22.7 Å². The number of nitrogens with zero attached hydrogens (tertiary/aromatic N) is 2. The number of hydrogen-bond donors (Lipinski definition) is 2. The molecule has 2 N–H and O–H groups in total. The van der Waals surface area contributed by atoms with Gasteiger partial charge >= 0.3 is 11.9 Å². The van der Waals surface area contributed by atoms with Gasteiger partial charge in [0.25, 0.3) is 0 Å². The Morgan fingerprint density at radius 1 is 0.786 bits per heavy atom. The van der Waals surface area contributed by atoms with Gasteiger partial charge in [0.05, 0.1) is 0 Å². The highest BCUT2D eigenvalue weighted by Crippen LogP contribution is 2.14. The maximum absolute atomic E-state index is 12.9. The van der Waals surface area contributed by atoms with Crippen LogP contribution < -0.4 is 0 Å². The molecule has 0 radical (unpaired) electrons. The SMILES string of the molecule is Fc1ccc(CN2CCN(Cc3ccc(Br)cc3)CC2)cc1.O=C(O)C(=O)O. The van der Waals surface area contributed by atoms with Crippen molar-refractivity contribution in [2.45, 2.75) is 13.1 Å². The Bertz CT molecular complexity index is 708. The second kappa shape index (κ2) is 10.9. The normalized spacial score (nSPS) is 14.8. The maximum Gasteiger partial charge on any atom is 0.414 e. The third kappa shape index (κ3) is 7.75. The molecule has 0 aliphatic carbocycles. The van der Waals surface area contributed by atoms with E-state index in [0.717, 1.165) is 43.7 Å². The minimum absolute atomic E-state index is 0.164.